The van der Waals surface area contributed by atoms with E-state index in [-0.39, 0.29) is 11.7 Å². The summed E-state index contributed by atoms with van der Waals surface area (Å²) < 4.78 is 25.2. The third kappa shape index (κ3) is 3.90. The minimum absolute atomic E-state index is 0.286. The second-order valence-corrected chi connectivity index (χ2v) is 7.44. The monoisotopic (exact) mass is 426 g/mol. The van der Waals surface area contributed by atoms with Crippen LogP contribution in [0.5, 0.6) is 5.75 Å². The molecular formula is C26H19FN2O3. The first kappa shape index (κ1) is 19.8. The summed E-state index contributed by atoms with van der Waals surface area (Å²) in [4.78, 5) is 17.2. The number of hydrogen-bond acceptors (Lipinski definition) is 4. The lowest BCUT2D eigenvalue weighted by atomic mass is 10.1. The highest BCUT2D eigenvalue weighted by Crippen LogP contribution is 2.28. The van der Waals surface area contributed by atoms with Gasteiger partial charge in [0, 0.05) is 16.6 Å². The third-order valence-corrected chi connectivity index (χ3v) is 5.15. The first-order valence-electron chi connectivity index (χ1n) is 10.2. The molecule has 158 valence electrons. The standard InChI is InChI=1S/C26H19FN2O3/c1-16(31-23-11-5-7-17-6-2-3-10-21(17)23)25(30)28-20-12-13-24-22(15-20)29-26(32-24)18-8-4-9-19(27)14-18/h2-16H,1H3,(H,28,30). The fraction of sp³-hybridized carbons (Fsp3) is 0.0769. The molecular weight excluding hydrogens is 407 g/mol. The highest BCUT2D eigenvalue weighted by Gasteiger charge is 2.17. The summed E-state index contributed by atoms with van der Waals surface area (Å²) in [6, 6.07) is 24.8. The van der Waals surface area contributed by atoms with E-state index in [1.54, 1.807) is 37.3 Å². The van der Waals surface area contributed by atoms with Crippen molar-refractivity contribution in [2.75, 3.05) is 5.32 Å². The van der Waals surface area contributed by atoms with Crippen molar-refractivity contribution in [2.45, 2.75) is 13.0 Å². The first-order chi connectivity index (χ1) is 15.6. The van der Waals surface area contributed by atoms with Gasteiger partial charge in [0.15, 0.2) is 11.7 Å². The summed E-state index contributed by atoms with van der Waals surface area (Å²) in [5.74, 6) is 0.317. The molecule has 1 atom stereocenters. The Bertz CT molecular complexity index is 1440. The highest BCUT2D eigenvalue weighted by molar-refractivity contribution is 5.96. The van der Waals surface area contributed by atoms with Gasteiger partial charge < -0.3 is 14.5 Å². The number of amides is 1. The zero-order valence-electron chi connectivity index (χ0n) is 17.2. The molecule has 0 radical (unpaired) electrons. The molecule has 0 fully saturated rings. The van der Waals surface area contributed by atoms with Crippen LogP contribution >= 0.6 is 0 Å². The van der Waals surface area contributed by atoms with Crippen molar-refractivity contribution >= 4 is 33.5 Å². The largest absolute Gasteiger partial charge is 0.480 e. The summed E-state index contributed by atoms with van der Waals surface area (Å²) in [7, 11) is 0. The molecule has 4 aromatic carbocycles. The third-order valence-electron chi connectivity index (χ3n) is 5.15. The Morgan fingerprint density at radius 3 is 2.69 bits per heavy atom. The van der Waals surface area contributed by atoms with Crippen LogP contribution in [-0.4, -0.2) is 17.0 Å². The summed E-state index contributed by atoms with van der Waals surface area (Å²) >= 11 is 0. The average molecular weight is 426 g/mol. The highest BCUT2D eigenvalue weighted by atomic mass is 19.1. The Morgan fingerprint density at radius 1 is 1.00 bits per heavy atom. The maximum Gasteiger partial charge on any atom is 0.265 e. The molecule has 5 aromatic rings. The van der Waals surface area contributed by atoms with Crippen LogP contribution in [0, 0.1) is 5.82 Å². The quantitative estimate of drug-likeness (QED) is 0.364. The van der Waals surface area contributed by atoms with Gasteiger partial charge in [0.1, 0.15) is 17.1 Å². The number of carbonyl (C=O) groups excluding carboxylic acids is 1. The van der Waals surface area contributed by atoms with Crippen molar-refractivity contribution < 1.29 is 18.3 Å². The zero-order chi connectivity index (χ0) is 22.1. The molecule has 0 saturated carbocycles. The fourth-order valence-corrected chi connectivity index (χ4v) is 3.54. The van der Waals surface area contributed by atoms with Crippen LogP contribution in [0.4, 0.5) is 10.1 Å². The van der Waals surface area contributed by atoms with Crippen LogP contribution in [0.2, 0.25) is 0 Å². The topological polar surface area (TPSA) is 64.4 Å². The maximum absolute atomic E-state index is 13.5. The SMILES string of the molecule is CC(Oc1cccc2ccccc12)C(=O)Nc1ccc2oc(-c3cccc(F)c3)nc2c1. The molecule has 0 saturated heterocycles. The molecule has 5 rings (SSSR count). The number of halogens is 1. The van der Waals surface area contributed by atoms with E-state index in [0.717, 1.165) is 10.8 Å². The molecule has 1 amide bonds. The molecule has 0 aliphatic carbocycles. The second-order valence-electron chi connectivity index (χ2n) is 7.44. The number of carbonyl (C=O) groups is 1. The van der Waals surface area contributed by atoms with E-state index in [4.69, 9.17) is 9.15 Å². The molecule has 0 spiro atoms. The number of fused-ring (bicyclic) bond motifs is 2. The van der Waals surface area contributed by atoms with Gasteiger partial charge in [0.2, 0.25) is 5.89 Å². The smallest absolute Gasteiger partial charge is 0.265 e. The number of hydrogen-bond donors (Lipinski definition) is 1. The van der Waals surface area contributed by atoms with Crippen LogP contribution in [-0.2, 0) is 4.79 Å². The number of anilines is 1. The Hall–Kier alpha value is -4.19. The molecule has 0 aliphatic heterocycles. The van der Waals surface area contributed by atoms with E-state index in [9.17, 15) is 9.18 Å². The van der Waals surface area contributed by atoms with E-state index in [1.165, 1.54) is 12.1 Å². The van der Waals surface area contributed by atoms with Crippen molar-refractivity contribution in [2.24, 2.45) is 0 Å². The van der Waals surface area contributed by atoms with Crippen molar-refractivity contribution in [1.29, 1.82) is 0 Å². The Labute approximate surface area is 183 Å². The minimum atomic E-state index is -0.711. The molecule has 1 unspecified atom stereocenters. The summed E-state index contributed by atoms with van der Waals surface area (Å²) in [6.45, 7) is 1.70. The Morgan fingerprint density at radius 2 is 1.81 bits per heavy atom. The van der Waals surface area contributed by atoms with Gasteiger partial charge in [-0.3, -0.25) is 4.79 Å². The van der Waals surface area contributed by atoms with Gasteiger partial charge >= 0.3 is 0 Å². The molecule has 5 nitrogen and oxygen atoms in total. The fourth-order valence-electron chi connectivity index (χ4n) is 3.54. The molecule has 1 aromatic heterocycles. The number of oxazole rings is 1. The summed E-state index contributed by atoms with van der Waals surface area (Å²) in [5, 5.41) is 4.85. The molecule has 32 heavy (non-hydrogen) atoms. The van der Waals surface area contributed by atoms with Crippen LogP contribution in [0.3, 0.4) is 0 Å². The lowest BCUT2D eigenvalue weighted by molar-refractivity contribution is -0.122. The van der Waals surface area contributed by atoms with E-state index in [0.29, 0.717) is 34.0 Å². The van der Waals surface area contributed by atoms with Crippen LogP contribution in [0.25, 0.3) is 33.3 Å². The number of rotatable bonds is 5. The van der Waals surface area contributed by atoms with Gasteiger partial charge in [-0.15, -0.1) is 0 Å². The molecule has 0 aliphatic rings. The average Bonchev–Trinajstić information content (AvgIpc) is 3.23. The summed E-state index contributed by atoms with van der Waals surface area (Å²) in [6.07, 6.45) is -0.711. The second kappa shape index (κ2) is 8.15. The number of ether oxygens (including phenoxy) is 1. The van der Waals surface area contributed by atoms with Gasteiger partial charge in [-0.05, 0) is 54.8 Å². The normalized spacial score (nSPS) is 12.1. The zero-order valence-corrected chi connectivity index (χ0v) is 17.2. The van der Waals surface area contributed by atoms with E-state index >= 15 is 0 Å². The minimum Gasteiger partial charge on any atom is -0.480 e. The van der Waals surface area contributed by atoms with Crippen molar-refractivity contribution in [1.82, 2.24) is 4.98 Å². The van der Waals surface area contributed by atoms with E-state index in [1.807, 2.05) is 42.5 Å². The van der Waals surface area contributed by atoms with Gasteiger partial charge in [-0.25, -0.2) is 9.37 Å². The lowest BCUT2D eigenvalue weighted by Crippen LogP contribution is -2.30. The van der Waals surface area contributed by atoms with Crippen molar-refractivity contribution in [3.63, 3.8) is 0 Å². The number of nitrogens with zero attached hydrogens (tertiary/aromatic N) is 1. The number of nitrogens with one attached hydrogen (secondary N) is 1. The molecule has 6 heteroatoms. The van der Waals surface area contributed by atoms with Gasteiger partial charge in [-0.2, -0.15) is 0 Å². The van der Waals surface area contributed by atoms with Crippen LogP contribution in [0.1, 0.15) is 6.92 Å². The van der Waals surface area contributed by atoms with Gasteiger partial charge in [0.05, 0.1) is 0 Å². The predicted molar refractivity (Wildman–Crippen MR) is 122 cm³/mol. The van der Waals surface area contributed by atoms with Crippen molar-refractivity contribution in [3.05, 3.63) is 90.7 Å². The summed E-state index contributed by atoms with van der Waals surface area (Å²) in [5.41, 5.74) is 2.21. The van der Waals surface area contributed by atoms with Crippen LogP contribution < -0.4 is 10.1 Å². The first-order valence-corrected chi connectivity index (χ1v) is 10.2. The van der Waals surface area contributed by atoms with E-state index in [2.05, 4.69) is 10.3 Å². The molecule has 1 N–H and O–H groups in total. The number of aromatic nitrogens is 1. The number of benzene rings is 4. The van der Waals surface area contributed by atoms with Gasteiger partial charge in [0.25, 0.3) is 5.91 Å². The van der Waals surface area contributed by atoms with Crippen LogP contribution in [0.15, 0.2) is 89.3 Å². The maximum atomic E-state index is 13.5. The van der Waals surface area contributed by atoms with Crippen molar-refractivity contribution in [3.8, 4) is 17.2 Å². The Balaban J connectivity index is 1.33. The lowest BCUT2D eigenvalue weighted by Gasteiger charge is -2.16. The van der Waals surface area contributed by atoms with Gasteiger partial charge in [-0.1, -0.05) is 42.5 Å². The Kier molecular flexibility index (Phi) is 5.03. The molecule has 0 bridgehead atoms. The predicted octanol–water partition coefficient (Wildman–Crippen LogP) is 6.19. The molecule has 1 heterocycles. The van der Waals surface area contributed by atoms with E-state index < -0.39 is 6.10 Å².